The van der Waals surface area contributed by atoms with E-state index in [1.54, 1.807) is 41.5 Å². The number of nitrogens with one attached hydrogen (secondary N) is 1. The molecule has 0 spiro atoms. The smallest absolute Gasteiger partial charge is 0.410 e. The van der Waals surface area contributed by atoms with Crippen LogP contribution in [0, 0.1) is 0 Å². The van der Waals surface area contributed by atoms with Crippen molar-refractivity contribution in [2.45, 2.75) is 52.7 Å². The molecule has 0 aliphatic rings. The first-order valence-electron chi connectivity index (χ1n) is 9.31. The average molecular weight is 408 g/mol. The molecule has 0 bridgehead atoms. The van der Waals surface area contributed by atoms with Crippen LogP contribution in [0.2, 0.25) is 0 Å². The van der Waals surface area contributed by atoms with Crippen LogP contribution in [0.4, 0.5) is 9.59 Å². The van der Waals surface area contributed by atoms with Crippen molar-refractivity contribution >= 4 is 12.2 Å². The van der Waals surface area contributed by atoms with Gasteiger partial charge < -0.3 is 29.2 Å². The van der Waals surface area contributed by atoms with E-state index in [4.69, 9.17) is 24.2 Å². The first kappa shape index (κ1) is 26.4. The fourth-order valence-corrected chi connectivity index (χ4v) is 1.81. The second-order valence-electron chi connectivity index (χ2n) is 7.95. The molecule has 0 heterocycles. The fourth-order valence-electron chi connectivity index (χ4n) is 1.81. The van der Waals surface area contributed by atoms with E-state index in [0.717, 1.165) is 0 Å². The summed E-state index contributed by atoms with van der Waals surface area (Å²) in [5.41, 5.74) is -1.15. The van der Waals surface area contributed by atoms with Gasteiger partial charge in [-0.3, -0.25) is 5.26 Å². The Labute approximate surface area is 167 Å². The summed E-state index contributed by atoms with van der Waals surface area (Å²) in [4.78, 5) is 28.9. The molecule has 0 unspecified atom stereocenters. The zero-order chi connectivity index (χ0) is 21.6. The van der Waals surface area contributed by atoms with Crippen molar-refractivity contribution in [2.75, 3.05) is 52.7 Å². The van der Waals surface area contributed by atoms with E-state index >= 15 is 0 Å². The molecule has 0 aromatic heterocycles. The van der Waals surface area contributed by atoms with E-state index < -0.39 is 23.4 Å². The van der Waals surface area contributed by atoms with Gasteiger partial charge in [-0.25, -0.2) is 14.5 Å². The molecule has 166 valence electrons. The molecule has 10 nitrogen and oxygen atoms in total. The lowest BCUT2D eigenvalue weighted by Crippen LogP contribution is -2.40. The summed E-state index contributed by atoms with van der Waals surface area (Å²) >= 11 is 0. The van der Waals surface area contributed by atoms with E-state index in [1.165, 1.54) is 4.90 Å². The Hall–Kier alpha value is -1.62. The quantitative estimate of drug-likeness (QED) is 0.287. The maximum atomic E-state index is 12.1. The molecule has 2 N–H and O–H groups in total. The van der Waals surface area contributed by atoms with Gasteiger partial charge in [-0.05, 0) is 41.5 Å². The Balaban J connectivity index is 3.84. The monoisotopic (exact) mass is 408 g/mol. The lowest BCUT2D eigenvalue weighted by Gasteiger charge is -2.27. The minimum absolute atomic E-state index is 0.0208. The third-order valence-corrected chi connectivity index (χ3v) is 2.90. The van der Waals surface area contributed by atoms with Gasteiger partial charge in [-0.15, -0.1) is 0 Å². The minimum atomic E-state index is -0.614. The number of nitrogens with zero attached hydrogens (tertiary/aromatic N) is 1. The van der Waals surface area contributed by atoms with Gasteiger partial charge >= 0.3 is 12.2 Å². The number of hydrogen-bond donors (Lipinski definition) is 2. The van der Waals surface area contributed by atoms with Gasteiger partial charge in [0.05, 0.1) is 39.6 Å². The summed E-state index contributed by atoms with van der Waals surface area (Å²) in [6.07, 6.45) is -0.987. The number of ether oxygens (including phenoxy) is 4. The van der Waals surface area contributed by atoms with Gasteiger partial charge in [-0.1, -0.05) is 0 Å². The molecule has 0 fully saturated rings. The average Bonchev–Trinajstić information content (AvgIpc) is 2.52. The maximum absolute atomic E-state index is 12.1. The van der Waals surface area contributed by atoms with Crippen LogP contribution in [-0.2, 0) is 23.8 Å². The van der Waals surface area contributed by atoms with Gasteiger partial charge in [0.2, 0.25) is 0 Å². The molecule has 0 atom stereocenters. The Morgan fingerprint density at radius 3 is 1.89 bits per heavy atom. The van der Waals surface area contributed by atoms with Crippen molar-refractivity contribution in [1.82, 2.24) is 10.2 Å². The summed E-state index contributed by atoms with van der Waals surface area (Å²) in [5, 5.41) is 11.1. The molecule has 0 aliphatic heterocycles. The molecular formula is C18H36N2O8. The Kier molecular flexibility index (Phi) is 12.8. The molecule has 0 saturated carbocycles. The Bertz CT molecular complexity index is 446. The van der Waals surface area contributed by atoms with Crippen molar-refractivity contribution in [2.24, 2.45) is 0 Å². The van der Waals surface area contributed by atoms with E-state index in [-0.39, 0.29) is 19.8 Å². The van der Waals surface area contributed by atoms with Crippen LogP contribution in [0.3, 0.4) is 0 Å². The molecule has 0 aromatic carbocycles. The lowest BCUT2D eigenvalue weighted by molar-refractivity contribution is -0.243. The van der Waals surface area contributed by atoms with Crippen molar-refractivity contribution in [3.63, 3.8) is 0 Å². The molecule has 10 heteroatoms. The molecule has 28 heavy (non-hydrogen) atoms. The molecule has 0 aliphatic carbocycles. The summed E-state index contributed by atoms with van der Waals surface area (Å²) in [6, 6.07) is 0. The van der Waals surface area contributed by atoms with E-state index in [1.807, 2.05) is 0 Å². The van der Waals surface area contributed by atoms with E-state index in [2.05, 4.69) is 10.2 Å². The van der Waals surface area contributed by atoms with Gasteiger partial charge in [0.15, 0.2) is 0 Å². The SMILES string of the molecule is CC(C)(C)OC(=O)NCCOCCOCCN(CCOO)C(=O)OC(C)(C)C. The Morgan fingerprint density at radius 1 is 0.821 bits per heavy atom. The van der Waals surface area contributed by atoms with Gasteiger partial charge in [-0.2, -0.15) is 0 Å². The highest BCUT2D eigenvalue weighted by molar-refractivity contribution is 5.68. The highest BCUT2D eigenvalue weighted by Crippen LogP contribution is 2.10. The molecular weight excluding hydrogens is 372 g/mol. The molecule has 0 saturated heterocycles. The summed E-state index contributed by atoms with van der Waals surface area (Å²) in [6.45, 7) is 12.8. The first-order valence-corrected chi connectivity index (χ1v) is 9.31. The maximum Gasteiger partial charge on any atom is 0.410 e. The first-order chi connectivity index (χ1) is 12.9. The zero-order valence-electron chi connectivity index (χ0n) is 17.9. The number of hydrogen-bond acceptors (Lipinski definition) is 8. The minimum Gasteiger partial charge on any atom is -0.444 e. The van der Waals surface area contributed by atoms with Crippen molar-refractivity contribution in [1.29, 1.82) is 0 Å². The number of carbonyl (C=O) groups excluding carboxylic acids is 2. The molecule has 0 aromatic rings. The highest BCUT2D eigenvalue weighted by Gasteiger charge is 2.21. The predicted octanol–water partition coefficient (Wildman–Crippen LogP) is 2.27. The fraction of sp³-hybridized carbons (Fsp3) is 0.889. The second-order valence-corrected chi connectivity index (χ2v) is 7.95. The topological polar surface area (TPSA) is 116 Å². The third-order valence-electron chi connectivity index (χ3n) is 2.90. The normalized spacial score (nSPS) is 11.8. The van der Waals surface area contributed by atoms with Gasteiger partial charge in [0.1, 0.15) is 11.2 Å². The standard InChI is InChI=1S/C18H36N2O8/c1-17(2,3)27-15(21)19-7-10-24-13-14-25-11-8-20(9-12-26-23)16(22)28-18(4,5)6/h23H,7-14H2,1-6H3,(H,19,21). The van der Waals surface area contributed by atoms with Crippen LogP contribution in [0.5, 0.6) is 0 Å². The van der Waals surface area contributed by atoms with Gasteiger partial charge in [0, 0.05) is 13.1 Å². The van der Waals surface area contributed by atoms with E-state index in [9.17, 15) is 9.59 Å². The van der Waals surface area contributed by atoms with Crippen LogP contribution < -0.4 is 5.32 Å². The van der Waals surface area contributed by atoms with Crippen molar-refractivity contribution < 1.29 is 38.7 Å². The van der Waals surface area contributed by atoms with Gasteiger partial charge in [0.25, 0.3) is 0 Å². The van der Waals surface area contributed by atoms with Crippen LogP contribution >= 0.6 is 0 Å². The van der Waals surface area contributed by atoms with Crippen LogP contribution in [-0.4, -0.2) is 86.2 Å². The summed E-state index contributed by atoms with van der Waals surface area (Å²) < 4.78 is 21.2. The number of carbonyl (C=O) groups is 2. The largest absolute Gasteiger partial charge is 0.444 e. The summed E-state index contributed by atoms with van der Waals surface area (Å²) in [7, 11) is 0. The third kappa shape index (κ3) is 16.5. The predicted molar refractivity (Wildman–Crippen MR) is 102 cm³/mol. The Morgan fingerprint density at radius 2 is 1.36 bits per heavy atom. The summed E-state index contributed by atoms with van der Waals surface area (Å²) in [5.74, 6) is 0. The lowest BCUT2D eigenvalue weighted by atomic mass is 10.2. The second kappa shape index (κ2) is 13.5. The van der Waals surface area contributed by atoms with Crippen LogP contribution in [0.1, 0.15) is 41.5 Å². The van der Waals surface area contributed by atoms with E-state index in [0.29, 0.717) is 32.9 Å². The van der Waals surface area contributed by atoms with Crippen molar-refractivity contribution in [3.8, 4) is 0 Å². The molecule has 2 amide bonds. The number of rotatable bonds is 12. The zero-order valence-corrected chi connectivity index (χ0v) is 17.9. The molecule has 0 rings (SSSR count). The van der Waals surface area contributed by atoms with Crippen LogP contribution in [0.15, 0.2) is 0 Å². The van der Waals surface area contributed by atoms with Crippen LogP contribution in [0.25, 0.3) is 0 Å². The molecule has 0 radical (unpaired) electrons. The number of amides is 2. The number of alkyl carbamates (subject to hydrolysis) is 1. The van der Waals surface area contributed by atoms with Crippen molar-refractivity contribution in [3.05, 3.63) is 0 Å². The highest BCUT2D eigenvalue weighted by atomic mass is 17.1.